The second-order valence-corrected chi connectivity index (χ2v) is 8.68. The van der Waals surface area contributed by atoms with E-state index in [-0.39, 0.29) is 0 Å². The van der Waals surface area contributed by atoms with Crippen LogP contribution in [0.2, 0.25) is 0 Å². The molecule has 0 spiro atoms. The average Bonchev–Trinajstić information content (AvgIpc) is 3.39. The third-order valence-electron chi connectivity index (χ3n) is 6.74. The van der Waals surface area contributed by atoms with Gasteiger partial charge in [-0.3, -0.25) is 0 Å². The van der Waals surface area contributed by atoms with Crippen LogP contribution >= 0.6 is 0 Å². The maximum atomic E-state index is 6.03. The molecule has 33 heavy (non-hydrogen) atoms. The SMILES string of the molecule is Cc1ccccc1-n1c2ccccc2c2cc(-c3ccc4oc5ccccc5c4c3)ccc21. The van der Waals surface area contributed by atoms with Crippen molar-refractivity contribution in [3.8, 4) is 16.8 Å². The van der Waals surface area contributed by atoms with Crippen LogP contribution in [0, 0.1) is 6.92 Å². The van der Waals surface area contributed by atoms with E-state index in [0.29, 0.717) is 0 Å². The van der Waals surface area contributed by atoms with E-state index in [4.69, 9.17) is 4.42 Å². The second-order valence-electron chi connectivity index (χ2n) is 8.68. The molecule has 0 aliphatic heterocycles. The van der Waals surface area contributed by atoms with Gasteiger partial charge in [-0.1, -0.05) is 66.7 Å². The zero-order valence-corrected chi connectivity index (χ0v) is 18.2. The topological polar surface area (TPSA) is 18.1 Å². The molecule has 0 aliphatic rings. The Morgan fingerprint density at radius 3 is 2.03 bits per heavy atom. The lowest BCUT2D eigenvalue weighted by molar-refractivity contribution is 0.669. The first-order chi connectivity index (χ1) is 16.3. The molecule has 0 fully saturated rings. The number of para-hydroxylation sites is 3. The Morgan fingerprint density at radius 2 is 1.15 bits per heavy atom. The van der Waals surface area contributed by atoms with E-state index in [1.165, 1.54) is 44.2 Å². The summed E-state index contributed by atoms with van der Waals surface area (Å²) in [7, 11) is 0. The molecule has 156 valence electrons. The van der Waals surface area contributed by atoms with E-state index in [1.54, 1.807) is 0 Å². The highest BCUT2D eigenvalue weighted by Gasteiger charge is 2.15. The Hall–Kier alpha value is -4.30. The highest BCUT2D eigenvalue weighted by atomic mass is 16.3. The summed E-state index contributed by atoms with van der Waals surface area (Å²) in [4.78, 5) is 0. The lowest BCUT2D eigenvalue weighted by atomic mass is 10.0. The molecule has 2 heteroatoms. The lowest BCUT2D eigenvalue weighted by Gasteiger charge is -2.11. The van der Waals surface area contributed by atoms with Crippen molar-refractivity contribution in [2.45, 2.75) is 6.92 Å². The van der Waals surface area contributed by atoms with Gasteiger partial charge in [0, 0.05) is 27.2 Å². The Bertz CT molecular complexity index is 1830. The number of aryl methyl sites for hydroxylation is 1. The molecule has 2 heterocycles. The van der Waals surface area contributed by atoms with Crippen molar-refractivity contribution in [2.24, 2.45) is 0 Å². The van der Waals surface area contributed by atoms with E-state index >= 15 is 0 Å². The van der Waals surface area contributed by atoms with Crippen molar-refractivity contribution in [1.29, 1.82) is 0 Å². The van der Waals surface area contributed by atoms with Crippen molar-refractivity contribution in [1.82, 2.24) is 4.57 Å². The van der Waals surface area contributed by atoms with Crippen LogP contribution in [0.25, 0.3) is 60.6 Å². The van der Waals surface area contributed by atoms with E-state index in [2.05, 4.69) is 109 Å². The number of nitrogens with zero attached hydrogens (tertiary/aromatic N) is 1. The van der Waals surface area contributed by atoms with Crippen molar-refractivity contribution < 1.29 is 4.42 Å². The molecular weight excluding hydrogens is 402 g/mol. The summed E-state index contributed by atoms with van der Waals surface area (Å²) in [5, 5.41) is 4.85. The highest BCUT2D eigenvalue weighted by Crippen LogP contribution is 2.37. The average molecular weight is 424 g/mol. The fourth-order valence-electron chi connectivity index (χ4n) is 5.13. The zero-order chi connectivity index (χ0) is 21.9. The number of rotatable bonds is 2. The first-order valence-electron chi connectivity index (χ1n) is 11.3. The van der Waals surface area contributed by atoms with Crippen molar-refractivity contribution in [3.05, 3.63) is 115 Å². The maximum absolute atomic E-state index is 6.03. The molecule has 7 rings (SSSR count). The molecule has 0 unspecified atom stereocenters. The van der Waals surface area contributed by atoms with Crippen LogP contribution in [0.3, 0.4) is 0 Å². The highest BCUT2D eigenvalue weighted by molar-refractivity contribution is 6.11. The van der Waals surface area contributed by atoms with Gasteiger partial charge in [-0.05, 0) is 66.1 Å². The molecule has 0 aliphatic carbocycles. The largest absolute Gasteiger partial charge is 0.456 e. The third kappa shape index (κ3) is 2.68. The molecule has 0 saturated carbocycles. The van der Waals surface area contributed by atoms with Crippen LogP contribution in [0.15, 0.2) is 114 Å². The summed E-state index contributed by atoms with van der Waals surface area (Å²) in [5.74, 6) is 0. The molecular formula is C31H21NO. The van der Waals surface area contributed by atoms with Crippen LogP contribution in [0.4, 0.5) is 0 Å². The lowest BCUT2D eigenvalue weighted by Crippen LogP contribution is -1.96. The van der Waals surface area contributed by atoms with Crippen LogP contribution in [-0.2, 0) is 0 Å². The Labute approximate surface area is 191 Å². The van der Waals surface area contributed by atoms with Crippen molar-refractivity contribution in [3.63, 3.8) is 0 Å². The predicted molar refractivity (Wildman–Crippen MR) is 138 cm³/mol. The fraction of sp³-hybridized carbons (Fsp3) is 0.0323. The van der Waals surface area contributed by atoms with Gasteiger partial charge in [0.25, 0.3) is 0 Å². The Balaban J connectivity index is 1.49. The number of aromatic nitrogens is 1. The van der Waals surface area contributed by atoms with Gasteiger partial charge in [0.15, 0.2) is 0 Å². The number of hydrogen-bond donors (Lipinski definition) is 0. The van der Waals surface area contributed by atoms with Crippen LogP contribution in [0.5, 0.6) is 0 Å². The van der Waals surface area contributed by atoms with E-state index in [0.717, 1.165) is 21.9 Å². The van der Waals surface area contributed by atoms with Gasteiger partial charge >= 0.3 is 0 Å². The number of furan rings is 1. The van der Waals surface area contributed by atoms with E-state index in [9.17, 15) is 0 Å². The number of benzene rings is 5. The molecule has 0 amide bonds. The smallest absolute Gasteiger partial charge is 0.135 e. The Morgan fingerprint density at radius 1 is 0.515 bits per heavy atom. The number of fused-ring (bicyclic) bond motifs is 6. The molecule has 7 aromatic rings. The molecule has 0 atom stereocenters. The Kier molecular flexibility index (Phi) is 3.80. The summed E-state index contributed by atoms with van der Waals surface area (Å²) < 4.78 is 8.42. The molecule has 2 nitrogen and oxygen atoms in total. The maximum Gasteiger partial charge on any atom is 0.135 e. The summed E-state index contributed by atoms with van der Waals surface area (Å²) >= 11 is 0. The van der Waals surface area contributed by atoms with E-state index in [1.807, 2.05) is 12.1 Å². The summed E-state index contributed by atoms with van der Waals surface area (Å²) in [5.41, 5.74) is 9.22. The fourth-order valence-corrected chi connectivity index (χ4v) is 5.13. The van der Waals surface area contributed by atoms with Gasteiger partial charge in [0.2, 0.25) is 0 Å². The molecule has 5 aromatic carbocycles. The summed E-state index contributed by atoms with van der Waals surface area (Å²) in [6, 6.07) is 38.8. The van der Waals surface area contributed by atoms with Gasteiger partial charge in [-0.25, -0.2) is 0 Å². The standard InChI is InChI=1S/C31H21NO/c1-20-8-2-5-11-27(20)32-28-12-6-3-9-23(28)25-18-21(14-16-29(25)32)22-15-17-31-26(19-22)24-10-4-7-13-30(24)33-31/h2-19H,1H3. The van der Waals surface area contributed by atoms with Gasteiger partial charge in [-0.15, -0.1) is 0 Å². The van der Waals surface area contributed by atoms with E-state index < -0.39 is 0 Å². The van der Waals surface area contributed by atoms with Gasteiger partial charge in [0.05, 0.1) is 11.0 Å². The molecule has 0 radical (unpaired) electrons. The minimum absolute atomic E-state index is 0.928. The summed E-state index contributed by atoms with van der Waals surface area (Å²) in [6.45, 7) is 2.18. The molecule has 2 aromatic heterocycles. The van der Waals surface area contributed by atoms with Crippen LogP contribution < -0.4 is 0 Å². The second kappa shape index (κ2) is 6.85. The normalized spacial score (nSPS) is 11.8. The van der Waals surface area contributed by atoms with Gasteiger partial charge < -0.3 is 8.98 Å². The zero-order valence-electron chi connectivity index (χ0n) is 18.2. The number of hydrogen-bond acceptors (Lipinski definition) is 1. The minimum Gasteiger partial charge on any atom is -0.456 e. The van der Waals surface area contributed by atoms with Crippen molar-refractivity contribution in [2.75, 3.05) is 0 Å². The molecule has 0 N–H and O–H groups in total. The monoisotopic (exact) mass is 423 g/mol. The first kappa shape index (κ1) is 18.3. The van der Waals surface area contributed by atoms with Gasteiger partial charge in [-0.2, -0.15) is 0 Å². The first-order valence-corrected chi connectivity index (χ1v) is 11.3. The van der Waals surface area contributed by atoms with Crippen LogP contribution in [0.1, 0.15) is 5.56 Å². The van der Waals surface area contributed by atoms with Crippen LogP contribution in [-0.4, -0.2) is 4.57 Å². The quantitative estimate of drug-likeness (QED) is 0.272. The predicted octanol–water partition coefficient (Wildman–Crippen LogP) is 8.66. The van der Waals surface area contributed by atoms with Crippen molar-refractivity contribution >= 4 is 43.7 Å². The van der Waals surface area contributed by atoms with Gasteiger partial charge in [0.1, 0.15) is 11.2 Å². The molecule has 0 bridgehead atoms. The summed E-state index contributed by atoms with van der Waals surface area (Å²) in [6.07, 6.45) is 0. The minimum atomic E-state index is 0.928. The molecule has 0 saturated heterocycles. The third-order valence-corrected chi connectivity index (χ3v) is 6.74.